The molecule has 0 aromatic carbocycles. The maximum atomic E-state index is 12.7. The molecular weight excluding hydrogens is 272 g/mol. The number of thiophene rings is 1. The van der Waals surface area contributed by atoms with Gasteiger partial charge in [0.25, 0.3) is 5.91 Å². The number of piperidine rings is 1. The van der Waals surface area contributed by atoms with Crippen LogP contribution in [0.1, 0.15) is 36.4 Å². The standard InChI is InChI=1S/C14H18N4OS/c1-8-4-6-18(9(2)7-8)14(19)12-11(15)10-3-5-16-17-13(10)20-12/h3,5,8-9H,4,6-7,15H2,1-2H3. The lowest BCUT2D eigenvalue weighted by molar-refractivity contribution is 0.0594. The van der Waals surface area contributed by atoms with Gasteiger partial charge in [-0.1, -0.05) is 6.92 Å². The monoisotopic (exact) mass is 290 g/mol. The Kier molecular flexibility index (Phi) is 3.33. The van der Waals surface area contributed by atoms with Gasteiger partial charge in [-0.25, -0.2) is 0 Å². The van der Waals surface area contributed by atoms with Crippen molar-refractivity contribution in [2.75, 3.05) is 12.3 Å². The van der Waals surface area contributed by atoms with Crippen molar-refractivity contribution in [1.82, 2.24) is 15.1 Å². The Morgan fingerprint density at radius 3 is 3.00 bits per heavy atom. The van der Waals surface area contributed by atoms with Crippen molar-refractivity contribution in [3.05, 3.63) is 17.1 Å². The topological polar surface area (TPSA) is 72.1 Å². The Bertz CT molecular complexity index is 654. The largest absolute Gasteiger partial charge is 0.397 e. The third-order valence-corrected chi connectivity index (χ3v) is 5.11. The number of amides is 1. The van der Waals surface area contributed by atoms with Crippen LogP contribution in [0.15, 0.2) is 12.3 Å². The number of nitrogen functional groups attached to an aromatic ring is 1. The number of hydrogen-bond acceptors (Lipinski definition) is 5. The van der Waals surface area contributed by atoms with E-state index in [0.717, 1.165) is 29.6 Å². The second kappa shape index (κ2) is 5.01. The van der Waals surface area contributed by atoms with Crippen molar-refractivity contribution in [3.8, 4) is 0 Å². The number of anilines is 1. The molecule has 20 heavy (non-hydrogen) atoms. The summed E-state index contributed by atoms with van der Waals surface area (Å²) in [6.45, 7) is 5.15. The van der Waals surface area contributed by atoms with Crippen molar-refractivity contribution in [1.29, 1.82) is 0 Å². The zero-order valence-corrected chi connectivity index (χ0v) is 12.5. The first kappa shape index (κ1) is 13.3. The van der Waals surface area contributed by atoms with E-state index in [2.05, 4.69) is 24.0 Å². The molecule has 0 saturated carbocycles. The number of rotatable bonds is 1. The van der Waals surface area contributed by atoms with Gasteiger partial charge in [-0.15, -0.1) is 16.4 Å². The van der Waals surface area contributed by atoms with Crippen LogP contribution >= 0.6 is 11.3 Å². The van der Waals surface area contributed by atoms with E-state index < -0.39 is 0 Å². The molecule has 2 aromatic heterocycles. The summed E-state index contributed by atoms with van der Waals surface area (Å²) in [5, 5.41) is 8.71. The average Bonchev–Trinajstić information content (AvgIpc) is 2.76. The van der Waals surface area contributed by atoms with E-state index in [1.807, 2.05) is 11.0 Å². The van der Waals surface area contributed by atoms with Gasteiger partial charge < -0.3 is 10.6 Å². The van der Waals surface area contributed by atoms with E-state index in [4.69, 9.17) is 5.73 Å². The molecule has 2 N–H and O–H groups in total. The molecule has 1 aliphatic heterocycles. The summed E-state index contributed by atoms with van der Waals surface area (Å²) in [4.78, 5) is 16.0. The molecule has 0 bridgehead atoms. The quantitative estimate of drug-likeness (QED) is 0.876. The fourth-order valence-corrected chi connectivity index (χ4v) is 3.87. The van der Waals surface area contributed by atoms with Crippen LogP contribution in [0.4, 0.5) is 5.69 Å². The first-order valence-electron chi connectivity index (χ1n) is 6.88. The number of likely N-dealkylation sites (tertiary alicyclic amines) is 1. The molecule has 1 fully saturated rings. The Morgan fingerprint density at radius 1 is 1.50 bits per heavy atom. The van der Waals surface area contributed by atoms with Crippen molar-refractivity contribution in [2.45, 2.75) is 32.7 Å². The molecule has 5 nitrogen and oxygen atoms in total. The number of fused-ring (bicyclic) bond motifs is 1. The molecule has 0 aliphatic carbocycles. The molecular formula is C14H18N4OS. The van der Waals surface area contributed by atoms with Gasteiger partial charge in [0.2, 0.25) is 0 Å². The molecule has 2 atom stereocenters. The van der Waals surface area contributed by atoms with Crippen LogP contribution in [0.25, 0.3) is 10.2 Å². The van der Waals surface area contributed by atoms with Crippen LogP contribution in [0.3, 0.4) is 0 Å². The zero-order chi connectivity index (χ0) is 14.3. The number of nitrogens with two attached hydrogens (primary N) is 1. The van der Waals surface area contributed by atoms with E-state index in [-0.39, 0.29) is 11.9 Å². The second-order valence-electron chi connectivity index (χ2n) is 5.57. The molecule has 2 unspecified atom stereocenters. The Hall–Kier alpha value is -1.69. The van der Waals surface area contributed by atoms with E-state index in [1.54, 1.807) is 6.20 Å². The van der Waals surface area contributed by atoms with E-state index in [9.17, 15) is 4.79 Å². The average molecular weight is 290 g/mol. The normalized spacial score (nSPS) is 23.2. The minimum absolute atomic E-state index is 0.0323. The minimum Gasteiger partial charge on any atom is -0.397 e. The smallest absolute Gasteiger partial charge is 0.266 e. The summed E-state index contributed by atoms with van der Waals surface area (Å²) in [7, 11) is 0. The van der Waals surface area contributed by atoms with Gasteiger partial charge in [-0.3, -0.25) is 4.79 Å². The third-order valence-electron chi connectivity index (χ3n) is 4.01. The zero-order valence-electron chi connectivity index (χ0n) is 11.7. The van der Waals surface area contributed by atoms with Crippen LogP contribution in [0.2, 0.25) is 0 Å². The van der Waals surface area contributed by atoms with Gasteiger partial charge in [0.1, 0.15) is 9.71 Å². The maximum absolute atomic E-state index is 12.7. The molecule has 0 radical (unpaired) electrons. The molecule has 0 spiro atoms. The van der Waals surface area contributed by atoms with Crippen LogP contribution in [-0.4, -0.2) is 33.6 Å². The molecule has 3 heterocycles. The summed E-state index contributed by atoms with van der Waals surface area (Å²) in [5.41, 5.74) is 6.65. The lowest BCUT2D eigenvalue weighted by Gasteiger charge is -2.36. The van der Waals surface area contributed by atoms with Gasteiger partial charge in [0.05, 0.1) is 11.9 Å². The highest BCUT2D eigenvalue weighted by Gasteiger charge is 2.30. The molecule has 3 rings (SSSR count). The highest BCUT2D eigenvalue weighted by atomic mass is 32.1. The molecule has 1 aliphatic rings. The summed E-state index contributed by atoms with van der Waals surface area (Å²) in [5.74, 6) is 0.713. The van der Waals surface area contributed by atoms with Crippen molar-refractivity contribution >= 4 is 33.1 Å². The molecule has 2 aromatic rings. The van der Waals surface area contributed by atoms with Gasteiger partial charge >= 0.3 is 0 Å². The highest BCUT2D eigenvalue weighted by Crippen LogP contribution is 2.34. The van der Waals surface area contributed by atoms with Gasteiger partial charge in [0, 0.05) is 18.0 Å². The maximum Gasteiger partial charge on any atom is 0.266 e. The molecule has 6 heteroatoms. The lowest BCUT2D eigenvalue weighted by Crippen LogP contribution is -2.44. The van der Waals surface area contributed by atoms with Gasteiger partial charge in [-0.2, -0.15) is 5.10 Å². The van der Waals surface area contributed by atoms with Crippen molar-refractivity contribution < 1.29 is 4.79 Å². The van der Waals surface area contributed by atoms with E-state index >= 15 is 0 Å². The first-order valence-corrected chi connectivity index (χ1v) is 7.70. The van der Waals surface area contributed by atoms with E-state index in [1.165, 1.54) is 11.3 Å². The predicted octanol–water partition coefficient (Wildman–Crippen LogP) is 2.53. The fourth-order valence-electron chi connectivity index (χ4n) is 2.87. The van der Waals surface area contributed by atoms with Crippen LogP contribution < -0.4 is 5.73 Å². The van der Waals surface area contributed by atoms with Crippen LogP contribution in [-0.2, 0) is 0 Å². The SMILES string of the molecule is CC1CCN(C(=O)c2sc3nnccc3c2N)C(C)C1. The summed E-state index contributed by atoms with van der Waals surface area (Å²) in [6, 6.07) is 2.08. The highest BCUT2D eigenvalue weighted by molar-refractivity contribution is 7.21. The molecule has 1 saturated heterocycles. The number of carbonyl (C=O) groups excluding carboxylic acids is 1. The van der Waals surface area contributed by atoms with E-state index in [0.29, 0.717) is 16.5 Å². The second-order valence-corrected chi connectivity index (χ2v) is 6.57. The fraction of sp³-hybridized carbons (Fsp3) is 0.500. The van der Waals surface area contributed by atoms with Crippen molar-refractivity contribution in [3.63, 3.8) is 0 Å². The third kappa shape index (κ3) is 2.14. The number of aromatic nitrogens is 2. The van der Waals surface area contributed by atoms with Crippen LogP contribution in [0.5, 0.6) is 0 Å². The minimum atomic E-state index is 0.0323. The number of carbonyl (C=O) groups is 1. The number of nitrogens with zero attached hydrogens (tertiary/aromatic N) is 3. The summed E-state index contributed by atoms with van der Waals surface area (Å²) >= 11 is 1.34. The van der Waals surface area contributed by atoms with Gasteiger partial charge in [0.15, 0.2) is 0 Å². The first-order chi connectivity index (χ1) is 9.58. The van der Waals surface area contributed by atoms with Crippen LogP contribution in [0, 0.1) is 5.92 Å². The molecule has 1 amide bonds. The lowest BCUT2D eigenvalue weighted by atomic mass is 9.93. The van der Waals surface area contributed by atoms with Crippen molar-refractivity contribution in [2.24, 2.45) is 5.92 Å². The summed E-state index contributed by atoms with van der Waals surface area (Å²) < 4.78 is 0. The Balaban J connectivity index is 1.94. The Labute approximate surface area is 121 Å². The predicted molar refractivity (Wildman–Crippen MR) is 80.7 cm³/mol. The molecule has 106 valence electrons. The van der Waals surface area contributed by atoms with Gasteiger partial charge in [-0.05, 0) is 31.7 Å². The Morgan fingerprint density at radius 2 is 2.30 bits per heavy atom. The summed E-state index contributed by atoms with van der Waals surface area (Å²) in [6.07, 6.45) is 3.71. The number of hydrogen-bond donors (Lipinski definition) is 1.